The van der Waals surface area contributed by atoms with E-state index in [1.807, 2.05) is 42.3 Å². The van der Waals surface area contributed by atoms with Gasteiger partial charge in [-0.15, -0.1) is 0 Å². The van der Waals surface area contributed by atoms with Gasteiger partial charge in [0.05, 0.1) is 5.69 Å². The minimum absolute atomic E-state index is 0.0120. The molecule has 0 unspecified atom stereocenters. The van der Waals surface area contributed by atoms with E-state index in [-0.39, 0.29) is 11.8 Å². The summed E-state index contributed by atoms with van der Waals surface area (Å²) in [5.41, 5.74) is 3.67. The fourth-order valence-corrected chi connectivity index (χ4v) is 4.30. The van der Waals surface area contributed by atoms with Crippen molar-refractivity contribution >= 4 is 5.91 Å². The molecule has 0 spiro atoms. The van der Waals surface area contributed by atoms with Crippen molar-refractivity contribution in [1.29, 1.82) is 0 Å². The zero-order valence-electron chi connectivity index (χ0n) is 17.5. The fourth-order valence-electron chi connectivity index (χ4n) is 4.30. The van der Waals surface area contributed by atoms with Crippen molar-refractivity contribution in [3.8, 4) is 22.6 Å². The van der Waals surface area contributed by atoms with Gasteiger partial charge in [-0.3, -0.25) is 9.78 Å². The van der Waals surface area contributed by atoms with Crippen LogP contribution in [0.25, 0.3) is 11.1 Å². The third-order valence-corrected chi connectivity index (χ3v) is 5.81. The van der Waals surface area contributed by atoms with E-state index in [1.165, 1.54) is 0 Å². The number of benzene rings is 1. The number of ether oxygens (including phenoxy) is 2. The van der Waals surface area contributed by atoms with Crippen LogP contribution in [0.2, 0.25) is 0 Å². The number of hydrogen-bond acceptors (Lipinski definition) is 6. The van der Waals surface area contributed by atoms with Crippen molar-refractivity contribution in [2.45, 2.75) is 25.7 Å². The average molecular weight is 416 g/mol. The first-order valence-electron chi connectivity index (χ1n) is 10.6. The number of amides is 1. The first-order valence-corrected chi connectivity index (χ1v) is 10.6. The molecule has 5 rings (SSSR count). The summed E-state index contributed by atoms with van der Waals surface area (Å²) in [6, 6.07) is 9.36. The first-order chi connectivity index (χ1) is 15.2. The van der Waals surface area contributed by atoms with E-state index in [1.54, 1.807) is 18.5 Å². The third-order valence-electron chi connectivity index (χ3n) is 5.81. The highest BCUT2D eigenvalue weighted by Gasteiger charge is 2.29. The van der Waals surface area contributed by atoms with Crippen LogP contribution in [-0.2, 0) is 0 Å². The Balaban J connectivity index is 1.41. The van der Waals surface area contributed by atoms with Gasteiger partial charge in [-0.25, -0.2) is 9.97 Å². The topological polar surface area (TPSA) is 77.4 Å². The Labute approximate surface area is 181 Å². The Bertz CT molecular complexity index is 1100. The van der Waals surface area contributed by atoms with E-state index < -0.39 is 0 Å². The minimum atomic E-state index is 0.0120. The van der Waals surface area contributed by atoms with Crippen LogP contribution >= 0.6 is 0 Å². The van der Waals surface area contributed by atoms with E-state index in [4.69, 9.17) is 14.5 Å². The second-order valence-electron chi connectivity index (χ2n) is 7.90. The molecule has 0 aliphatic carbocycles. The van der Waals surface area contributed by atoms with Crippen molar-refractivity contribution in [3.05, 3.63) is 66.0 Å². The highest BCUT2D eigenvalue weighted by atomic mass is 16.6. The SMILES string of the molecule is Cc1ncc(-c2ccncc2)c([C@H]2CCCN(C(=O)c3ccc4c(c3)OCCO4)C2)n1. The number of carbonyl (C=O) groups excluding carboxylic acids is 1. The lowest BCUT2D eigenvalue weighted by Crippen LogP contribution is -2.39. The van der Waals surface area contributed by atoms with Gasteiger partial charge < -0.3 is 14.4 Å². The highest BCUT2D eigenvalue weighted by Crippen LogP contribution is 2.35. The maximum absolute atomic E-state index is 13.3. The lowest BCUT2D eigenvalue weighted by molar-refractivity contribution is 0.0705. The number of fused-ring (bicyclic) bond motifs is 1. The molecule has 158 valence electrons. The van der Waals surface area contributed by atoms with Crippen LogP contribution in [0.1, 0.15) is 40.6 Å². The smallest absolute Gasteiger partial charge is 0.254 e. The van der Waals surface area contributed by atoms with Crippen LogP contribution in [0.3, 0.4) is 0 Å². The molecule has 0 radical (unpaired) electrons. The molecular weight excluding hydrogens is 392 g/mol. The molecule has 1 saturated heterocycles. The van der Waals surface area contributed by atoms with Gasteiger partial charge in [-0.1, -0.05) is 0 Å². The molecule has 1 aromatic carbocycles. The quantitative estimate of drug-likeness (QED) is 0.649. The lowest BCUT2D eigenvalue weighted by Gasteiger charge is -2.33. The Kier molecular flexibility index (Phi) is 5.24. The predicted octanol–water partition coefficient (Wildman–Crippen LogP) is 3.64. The molecule has 1 amide bonds. The molecule has 3 aromatic rings. The highest BCUT2D eigenvalue weighted by molar-refractivity contribution is 5.95. The summed E-state index contributed by atoms with van der Waals surface area (Å²) in [6.07, 6.45) is 7.35. The fraction of sp³-hybridized carbons (Fsp3) is 0.333. The van der Waals surface area contributed by atoms with Crippen LogP contribution in [0, 0.1) is 6.92 Å². The number of aromatic nitrogens is 3. The van der Waals surface area contributed by atoms with Crippen molar-refractivity contribution in [2.75, 3.05) is 26.3 Å². The van der Waals surface area contributed by atoms with Crippen molar-refractivity contribution in [1.82, 2.24) is 19.9 Å². The summed E-state index contributed by atoms with van der Waals surface area (Å²) in [4.78, 5) is 28.5. The van der Waals surface area contributed by atoms with Gasteiger partial charge in [-0.05, 0) is 55.7 Å². The number of hydrogen-bond donors (Lipinski definition) is 0. The van der Waals surface area contributed by atoms with Crippen LogP contribution in [-0.4, -0.2) is 52.1 Å². The summed E-state index contributed by atoms with van der Waals surface area (Å²) in [5.74, 6) is 2.23. The van der Waals surface area contributed by atoms with Gasteiger partial charge >= 0.3 is 0 Å². The normalized spacial score (nSPS) is 18.0. The number of aryl methyl sites for hydroxylation is 1. The largest absolute Gasteiger partial charge is 0.486 e. The molecule has 1 fully saturated rings. The van der Waals surface area contributed by atoms with Gasteiger partial charge in [-0.2, -0.15) is 0 Å². The molecule has 0 bridgehead atoms. The zero-order valence-corrected chi connectivity index (χ0v) is 17.5. The number of likely N-dealkylation sites (tertiary alicyclic amines) is 1. The van der Waals surface area contributed by atoms with Gasteiger partial charge in [0.15, 0.2) is 11.5 Å². The summed E-state index contributed by atoms with van der Waals surface area (Å²) < 4.78 is 11.2. The molecule has 31 heavy (non-hydrogen) atoms. The lowest BCUT2D eigenvalue weighted by atomic mass is 9.89. The third kappa shape index (κ3) is 3.95. The Morgan fingerprint density at radius 1 is 1.10 bits per heavy atom. The second kappa shape index (κ2) is 8.34. The van der Waals surface area contributed by atoms with Crippen molar-refractivity contribution in [2.24, 2.45) is 0 Å². The molecule has 1 atom stereocenters. The molecule has 0 N–H and O–H groups in total. The number of pyridine rings is 1. The van der Waals surface area contributed by atoms with E-state index in [0.29, 0.717) is 36.8 Å². The van der Waals surface area contributed by atoms with Crippen LogP contribution in [0.15, 0.2) is 48.9 Å². The van der Waals surface area contributed by atoms with Gasteiger partial charge in [0.2, 0.25) is 0 Å². The Morgan fingerprint density at radius 3 is 2.74 bits per heavy atom. The molecule has 4 heterocycles. The molecular formula is C24H24N4O3. The second-order valence-corrected chi connectivity index (χ2v) is 7.90. The monoisotopic (exact) mass is 416 g/mol. The maximum Gasteiger partial charge on any atom is 0.254 e. The standard InChI is InChI=1S/C24H24N4O3/c1-16-26-14-20(17-6-8-25-9-7-17)23(27-16)19-3-2-10-28(15-19)24(29)18-4-5-21-22(13-18)31-12-11-30-21/h4-9,13-14,19H,2-3,10-12,15H2,1H3/t19-/m0/s1. The summed E-state index contributed by atoms with van der Waals surface area (Å²) in [5, 5.41) is 0. The summed E-state index contributed by atoms with van der Waals surface area (Å²) in [7, 11) is 0. The van der Waals surface area contributed by atoms with Gasteiger partial charge in [0.25, 0.3) is 5.91 Å². The number of nitrogens with zero attached hydrogens (tertiary/aromatic N) is 4. The molecule has 7 nitrogen and oxygen atoms in total. The number of piperidine rings is 1. The van der Waals surface area contributed by atoms with Gasteiger partial charge in [0, 0.05) is 48.7 Å². The number of carbonyl (C=O) groups is 1. The van der Waals surface area contributed by atoms with Gasteiger partial charge in [0.1, 0.15) is 19.0 Å². The van der Waals surface area contributed by atoms with Crippen molar-refractivity contribution < 1.29 is 14.3 Å². The zero-order chi connectivity index (χ0) is 21.2. The molecule has 7 heteroatoms. The van der Waals surface area contributed by atoms with Crippen LogP contribution in [0.4, 0.5) is 0 Å². The van der Waals surface area contributed by atoms with E-state index in [2.05, 4.69) is 9.97 Å². The van der Waals surface area contributed by atoms with Crippen LogP contribution < -0.4 is 9.47 Å². The number of rotatable bonds is 3. The minimum Gasteiger partial charge on any atom is -0.486 e. The maximum atomic E-state index is 13.3. The molecule has 0 saturated carbocycles. The predicted molar refractivity (Wildman–Crippen MR) is 115 cm³/mol. The van der Waals surface area contributed by atoms with Crippen molar-refractivity contribution in [3.63, 3.8) is 0 Å². The van der Waals surface area contributed by atoms with E-state index in [9.17, 15) is 4.79 Å². The first kappa shape index (κ1) is 19.5. The molecule has 2 aromatic heterocycles. The Morgan fingerprint density at radius 2 is 1.90 bits per heavy atom. The van der Waals surface area contributed by atoms with Crippen LogP contribution in [0.5, 0.6) is 11.5 Å². The Hall–Kier alpha value is -3.48. The average Bonchev–Trinajstić information content (AvgIpc) is 2.84. The summed E-state index contributed by atoms with van der Waals surface area (Å²) in [6.45, 7) is 4.30. The molecule has 2 aliphatic rings. The van der Waals surface area contributed by atoms with E-state index >= 15 is 0 Å². The molecule has 2 aliphatic heterocycles. The summed E-state index contributed by atoms with van der Waals surface area (Å²) >= 11 is 0. The van der Waals surface area contributed by atoms with E-state index in [0.717, 1.165) is 42.0 Å².